The quantitative estimate of drug-likeness (QED) is 0.924. The van der Waals surface area contributed by atoms with E-state index in [0.717, 1.165) is 31.5 Å². The van der Waals surface area contributed by atoms with Crippen LogP contribution in [0.15, 0.2) is 18.3 Å². The second-order valence-corrected chi connectivity index (χ2v) is 7.16. The average Bonchev–Trinajstić information content (AvgIpc) is 2.53. The fraction of sp³-hybridized carbons (Fsp3) is 0.667. The van der Waals surface area contributed by atoms with Gasteiger partial charge in [-0.2, -0.15) is 0 Å². The van der Waals surface area contributed by atoms with Gasteiger partial charge in [-0.1, -0.05) is 6.42 Å². The lowest BCUT2D eigenvalue weighted by Crippen LogP contribution is -2.60. The Kier molecular flexibility index (Phi) is 4.43. The molecule has 1 saturated heterocycles. The molecular formula is C18H27N3O2. The van der Waals surface area contributed by atoms with Gasteiger partial charge in [-0.15, -0.1) is 0 Å². The fourth-order valence-electron chi connectivity index (χ4n) is 4.62. The molecule has 23 heavy (non-hydrogen) atoms. The summed E-state index contributed by atoms with van der Waals surface area (Å²) >= 11 is 0. The van der Waals surface area contributed by atoms with Gasteiger partial charge in [0.2, 0.25) is 0 Å². The first-order valence-electron chi connectivity index (χ1n) is 8.54. The third-order valence-corrected chi connectivity index (χ3v) is 5.76. The van der Waals surface area contributed by atoms with Gasteiger partial charge in [-0.25, -0.2) is 0 Å². The predicted molar refractivity (Wildman–Crippen MR) is 89.0 cm³/mol. The van der Waals surface area contributed by atoms with Gasteiger partial charge in [0.15, 0.2) is 0 Å². The van der Waals surface area contributed by atoms with E-state index in [1.165, 1.54) is 6.42 Å². The van der Waals surface area contributed by atoms with Gasteiger partial charge < -0.3 is 15.4 Å². The number of carbonyl (C=O) groups excluding carboxylic acids is 1. The summed E-state index contributed by atoms with van der Waals surface area (Å²) in [6.07, 6.45) is 5.24. The fourth-order valence-corrected chi connectivity index (χ4v) is 4.62. The summed E-state index contributed by atoms with van der Waals surface area (Å²) in [7, 11) is 1.81. The van der Waals surface area contributed by atoms with E-state index < -0.39 is 5.91 Å². The largest absolute Gasteiger partial charge is 0.373 e. The van der Waals surface area contributed by atoms with E-state index >= 15 is 0 Å². The highest BCUT2D eigenvalue weighted by atomic mass is 16.5. The van der Waals surface area contributed by atoms with Crippen LogP contribution < -0.4 is 5.73 Å². The third kappa shape index (κ3) is 2.66. The normalized spacial score (nSPS) is 31.3. The molecule has 2 atom stereocenters. The second-order valence-electron chi connectivity index (χ2n) is 7.16. The van der Waals surface area contributed by atoms with E-state index in [4.69, 9.17) is 10.5 Å². The summed E-state index contributed by atoms with van der Waals surface area (Å²) in [4.78, 5) is 18.2. The van der Waals surface area contributed by atoms with Crippen molar-refractivity contribution in [2.24, 2.45) is 17.6 Å². The summed E-state index contributed by atoms with van der Waals surface area (Å²) in [5.41, 5.74) is 6.48. The van der Waals surface area contributed by atoms with Crippen molar-refractivity contribution in [3.63, 3.8) is 0 Å². The lowest BCUT2D eigenvalue weighted by atomic mass is 9.62. The van der Waals surface area contributed by atoms with Gasteiger partial charge in [-0.05, 0) is 44.4 Å². The maximum atomic E-state index is 11.5. The van der Waals surface area contributed by atoms with Crippen LogP contribution in [0.25, 0.3) is 0 Å². The number of likely N-dealkylation sites (tertiary alicyclic amines) is 1. The zero-order chi connectivity index (χ0) is 16.6. The molecule has 0 radical (unpaired) electrons. The van der Waals surface area contributed by atoms with Crippen LogP contribution in [0.4, 0.5) is 0 Å². The molecule has 0 spiro atoms. The number of hydrogen-bond acceptors (Lipinski definition) is 4. The van der Waals surface area contributed by atoms with E-state index in [1.54, 1.807) is 13.3 Å². The average molecular weight is 317 g/mol. The Morgan fingerprint density at radius 2 is 2.04 bits per heavy atom. The van der Waals surface area contributed by atoms with Gasteiger partial charge in [0.25, 0.3) is 5.91 Å². The van der Waals surface area contributed by atoms with Crippen molar-refractivity contribution in [2.45, 2.75) is 44.8 Å². The molecule has 2 fully saturated rings. The molecule has 3 rings (SSSR count). The van der Waals surface area contributed by atoms with Crippen LogP contribution >= 0.6 is 0 Å². The van der Waals surface area contributed by atoms with E-state index in [1.807, 2.05) is 12.1 Å². The van der Waals surface area contributed by atoms with Crippen LogP contribution in [-0.4, -0.2) is 42.0 Å². The highest BCUT2D eigenvalue weighted by Crippen LogP contribution is 2.51. The van der Waals surface area contributed by atoms with Gasteiger partial charge >= 0.3 is 0 Å². The first-order chi connectivity index (χ1) is 11.0. The van der Waals surface area contributed by atoms with Crippen LogP contribution in [0, 0.1) is 11.8 Å². The van der Waals surface area contributed by atoms with Crippen molar-refractivity contribution in [3.8, 4) is 0 Å². The molecule has 1 aliphatic heterocycles. The number of hydrogen-bond donors (Lipinski definition) is 1. The van der Waals surface area contributed by atoms with Gasteiger partial charge in [0.1, 0.15) is 11.3 Å². The van der Waals surface area contributed by atoms with Gasteiger partial charge in [0, 0.05) is 44.3 Å². The van der Waals surface area contributed by atoms with Crippen molar-refractivity contribution in [1.29, 1.82) is 0 Å². The van der Waals surface area contributed by atoms with Crippen LogP contribution in [-0.2, 0) is 10.3 Å². The maximum absolute atomic E-state index is 11.5. The molecule has 2 unspecified atom stereocenters. The molecule has 5 heteroatoms. The molecule has 2 heterocycles. The number of ether oxygens (including phenoxy) is 1. The van der Waals surface area contributed by atoms with E-state index in [9.17, 15) is 4.79 Å². The summed E-state index contributed by atoms with van der Waals surface area (Å²) in [6.45, 7) is 6.59. The number of methoxy groups -OCH3 is 1. The van der Waals surface area contributed by atoms with Crippen molar-refractivity contribution < 1.29 is 9.53 Å². The van der Waals surface area contributed by atoms with E-state index in [0.29, 0.717) is 23.6 Å². The van der Waals surface area contributed by atoms with Crippen LogP contribution in [0.5, 0.6) is 0 Å². The molecular weight excluding hydrogens is 290 g/mol. The number of primary amides is 1. The summed E-state index contributed by atoms with van der Waals surface area (Å²) < 4.78 is 6.19. The van der Waals surface area contributed by atoms with E-state index in [2.05, 4.69) is 23.7 Å². The van der Waals surface area contributed by atoms with E-state index in [-0.39, 0.29) is 5.60 Å². The zero-order valence-corrected chi connectivity index (χ0v) is 14.3. The minimum Gasteiger partial charge on any atom is -0.373 e. The topological polar surface area (TPSA) is 68.5 Å². The highest BCUT2D eigenvalue weighted by Gasteiger charge is 2.53. The summed E-state index contributed by atoms with van der Waals surface area (Å²) in [5, 5.41) is 0. The molecule has 1 aliphatic carbocycles. The Bertz CT molecular complexity index is 573. The smallest absolute Gasteiger partial charge is 0.267 e. The van der Waals surface area contributed by atoms with Gasteiger partial charge in [-0.3, -0.25) is 9.78 Å². The maximum Gasteiger partial charge on any atom is 0.267 e. The number of nitrogens with two attached hydrogens (primary N) is 1. The van der Waals surface area contributed by atoms with Crippen molar-refractivity contribution >= 4 is 5.91 Å². The number of piperidine rings is 1. The monoisotopic (exact) mass is 317 g/mol. The first kappa shape index (κ1) is 16.4. The minimum absolute atomic E-state index is 0.322. The minimum atomic E-state index is -0.483. The molecule has 2 bridgehead atoms. The molecule has 5 nitrogen and oxygen atoms in total. The van der Waals surface area contributed by atoms with Crippen LogP contribution in [0.3, 0.4) is 0 Å². The molecule has 1 aromatic heterocycles. The molecule has 1 amide bonds. The number of rotatable bonds is 4. The summed E-state index contributed by atoms with van der Waals surface area (Å²) in [6, 6.07) is 4.38. The Labute approximate surface area is 138 Å². The Morgan fingerprint density at radius 3 is 2.57 bits per heavy atom. The number of amides is 1. The molecule has 1 aromatic rings. The Hall–Kier alpha value is -1.46. The number of aromatic nitrogens is 1. The molecule has 126 valence electrons. The SMILES string of the molecule is COC1(c2ccnc(C(N)=O)c2)C2CCCC1CN(C(C)C)C2. The number of carbonyl (C=O) groups is 1. The zero-order valence-electron chi connectivity index (χ0n) is 14.3. The number of nitrogens with zero attached hydrogens (tertiary/aromatic N) is 2. The Balaban J connectivity index is 2.03. The van der Waals surface area contributed by atoms with Crippen molar-refractivity contribution in [3.05, 3.63) is 29.6 Å². The Morgan fingerprint density at radius 1 is 1.39 bits per heavy atom. The van der Waals surface area contributed by atoms with Crippen molar-refractivity contribution in [1.82, 2.24) is 9.88 Å². The standard InChI is InChI=1S/C18H27N3O2/c1-12(2)21-10-14-5-4-6-15(11-21)18(14,23-3)13-7-8-20-16(9-13)17(19)22/h7-9,12,14-15H,4-6,10-11H2,1-3H3,(H2,19,22). The lowest BCUT2D eigenvalue weighted by Gasteiger charge is -2.56. The highest BCUT2D eigenvalue weighted by molar-refractivity contribution is 5.90. The predicted octanol–water partition coefficient (Wildman–Crippen LogP) is 2.16. The number of pyridine rings is 1. The van der Waals surface area contributed by atoms with Crippen molar-refractivity contribution in [2.75, 3.05) is 20.2 Å². The first-order valence-corrected chi connectivity index (χ1v) is 8.54. The second kappa shape index (κ2) is 6.21. The molecule has 0 aromatic carbocycles. The van der Waals surface area contributed by atoms with Crippen LogP contribution in [0.1, 0.15) is 49.2 Å². The lowest BCUT2D eigenvalue weighted by molar-refractivity contribution is -0.172. The molecule has 1 saturated carbocycles. The molecule has 2 N–H and O–H groups in total. The third-order valence-electron chi connectivity index (χ3n) is 5.76. The number of fused-ring (bicyclic) bond motifs is 2. The van der Waals surface area contributed by atoms with Crippen LogP contribution in [0.2, 0.25) is 0 Å². The molecule has 2 aliphatic rings. The summed E-state index contributed by atoms with van der Waals surface area (Å²) in [5.74, 6) is 0.388. The van der Waals surface area contributed by atoms with Gasteiger partial charge in [0.05, 0.1) is 0 Å².